The van der Waals surface area contributed by atoms with Gasteiger partial charge in [-0.3, -0.25) is 4.79 Å². The summed E-state index contributed by atoms with van der Waals surface area (Å²) in [7, 11) is 0. The van der Waals surface area contributed by atoms with Gasteiger partial charge in [-0.1, -0.05) is 0 Å². The minimum absolute atomic E-state index is 0.0133. The van der Waals surface area contributed by atoms with Crippen molar-refractivity contribution in [2.24, 2.45) is 0 Å². The monoisotopic (exact) mass is 265 g/mol. The molecule has 1 rings (SSSR count). The smallest absolute Gasteiger partial charge is 0.225 e. The van der Waals surface area contributed by atoms with Gasteiger partial charge >= 0.3 is 0 Å². The molecule has 0 bridgehead atoms. The predicted octanol–water partition coefficient (Wildman–Crippen LogP) is 2.77. The molecule has 0 aliphatic heterocycles. The van der Waals surface area contributed by atoms with Crippen molar-refractivity contribution < 1.29 is 4.79 Å². The zero-order chi connectivity index (χ0) is 8.97. The fourth-order valence-electron chi connectivity index (χ4n) is 0.680. The summed E-state index contributed by atoms with van der Waals surface area (Å²) in [6.45, 7) is 0. The highest BCUT2D eigenvalue weighted by atomic mass is 79.9. The molecule has 66 valence electrons. The fourth-order valence-corrected chi connectivity index (χ4v) is 2.22. The summed E-state index contributed by atoms with van der Waals surface area (Å²) in [4.78, 5) is 11.1. The highest BCUT2D eigenvalue weighted by Crippen LogP contribution is 2.24. The molecule has 0 aliphatic carbocycles. The van der Waals surface area contributed by atoms with Gasteiger partial charge in [0, 0.05) is 16.3 Å². The molecule has 0 radical (unpaired) electrons. The van der Waals surface area contributed by atoms with E-state index in [2.05, 4.69) is 33.9 Å². The van der Waals surface area contributed by atoms with Crippen molar-refractivity contribution in [3.8, 4) is 0 Å². The van der Waals surface area contributed by atoms with Crippen LogP contribution in [-0.4, -0.2) is 11.7 Å². The standard InChI is InChI=1S/C7H8BrNOS2/c8-5-3-7(12-4-5)9-6(10)1-2-11/h3-4,11H,1-2H2,(H,9,10). The Balaban J connectivity index is 2.46. The first-order valence-electron chi connectivity index (χ1n) is 3.37. The first-order valence-corrected chi connectivity index (χ1v) is 5.67. The van der Waals surface area contributed by atoms with Gasteiger partial charge in [0.25, 0.3) is 0 Å². The Labute approximate surface area is 88.9 Å². The van der Waals surface area contributed by atoms with Gasteiger partial charge in [0.1, 0.15) is 0 Å². The molecule has 2 nitrogen and oxygen atoms in total. The van der Waals surface area contributed by atoms with Crippen LogP contribution in [0.5, 0.6) is 0 Å². The van der Waals surface area contributed by atoms with Gasteiger partial charge in [-0.25, -0.2) is 0 Å². The number of hydrogen-bond acceptors (Lipinski definition) is 3. The predicted molar refractivity (Wildman–Crippen MR) is 59.1 cm³/mol. The van der Waals surface area contributed by atoms with Crippen molar-refractivity contribution in [1.82, 2.24) is 0 Å². The van der Waals surface area contributed by atoms with Crippen molar-refractivity contribution in [3.63, 3.8) is 0 Å². The lowest BCUT2D eigenvalue weighted by Gasteiger charge is -1.98. The third kappa shape index (κ3) is 3.16. The maximum absolute atomic E-state index is 11.1. The van der Waals surface area contributed by atoms with Gasteiger partial charge in [-0.05, 0) is 27.7 Å². The van der Waals surface area contributed by atoms with E-state index in [1.54, 1.807) is 0 Å². The largest absolute Gasteiger partial charge is 0.318 e. The van der Waals surface area contributed by atoms with Crippen molar-refractivity contribution in [1.29, 1.82) is 0 Å². The number of amides is 1. The molecule has 0 atom stereocenters. The van der Waals surface area contributed by atoms with E-state index in [0.29, 0.717) is 12.2 Å². The number of nitrogens with one attached hydrogen (secondary N) is 1. The van der Waals surface area contributed by atoms with Crippen LogP contribution in [0.2, 0.25) is 0 Å². The van der Waals surface area contributed by atoms with E-state index in [-0.39, 0.29) is 5.91 Å². The lowest BCUT2D eigenvalue weighted by molar-refractivity contribution is -0.115. The molecule has 0 aliphatic rings. The normalized spacial score (nSPS) is 9.83. The van der Waals surface area contributed by atoms with Crippen molar-refractivity contribution in [2.75, 3.05) is 11.1 Å². The molecular weight excluding hydrogens is 258 g/mol. The maximum atomic E-state index is 11.1. The van der Waals surface area contributed by atoms with Crippen LogP contribution in [-0.2, 0) is 4.79 Å². The second-order valence-corrected chi connectivity index (χ2v) is 4.43. The van der Waals surface area contributed by atoms with Crippen molar-refractivity contribution in [3.05, 3.63) is 15.9 Å². The highest BCUT2D eigenvalue weighted by Gasteiger charge is 2.02. The Morgan fingerprint density at radius 2 is 2.50 bits per heavy atom. The summed E-state index contributed by atoms with van der Waals surface area (Å²) in [6.07, 6.45) is 0.457. The minimum atomic E-state index is 0.0133. The van der Waals surface area contributed by atoms with Crippen molar-refractivity contribution in [2.45, 2.75) is 6.42 Å². The van der Waals surface area contributed by atoms with Gasteiger partial charge in [0.05, 0.1) is 5.00 Å². The minimum Gasteiger partial charge on any atom is -0.318 e. The van der Waals surface area contributed by atoms with E-state index in [9.17, 15) is 4.79 Å². The molecule has 1 amide bonds. The van der Waals surface area contributed by atoms with E-state index in [0.717, 1.165) is 9.47 Å². The van der Waals surface area contributed by atoms with E-state index in [1.807, 2.05) is 11.4 Å². The van der Waals surface area contributed by atoms with Crippen LogP contribution >= 0.6 is 39.9 Å². The lowest BCUT2D eigenvalue weighted by atomic mass is 10.4. The van der Waals surface area contributed by atoms with Crippen LogP contribution in [0.15, 0.2) is 15.9 Å². The number of hydrogen-bond donors (Lipinski definition) is 2. The number of rotatable bonds is 3. The molecule has 0 aromatic carbocycles. The third-order valence-electron chi connectivity index (χ3n) is 1.17. The number of thiophene rings is 1. The quantitative estimate of drug-likeness (QED) is 0.809. The van der Waals surface area contributed by atoms with Crippen LogP contribution < -0.4 is 5.32 Å². The lowest BCUT2D eigenvalue weighted by Crippen LogP contribution is -2.10. The highest BCUT2D eigenvalue weighted by molar-refractivity contribution is 9.10. The molecule has 0 saturated heterocycles. The molecule has 1 heterocycles. The average Bonchev–Trinajstić information content (AvgIpc) is 2.36. The second kappa shape index (κ2) is 4.89. The third-order valence-corrected chi connectivity index (χ3v) is 3.00. The Kier molecular flexibility index (Phi) is 4.11. The Hall–Kier alpha value is -0.0000000000000000833. The van der Waals surface area contributed by atoms with Crippen LogP contribution in [0.4, 0.5) is 5.00 Å². The first-order chi connectivity index (χ1) is 5.72. The van der Waals surface area contributed by atoms with Gasteiger partial charge < -0.3 is 5.32 Å². The van der Waals surface area contributed by atoms with Gasteiger partial charge in [0.15, 0.2) is 0 Å². The molecule has 0 unspecified atom stereocenters. The number of carbonyl (C=O) groups excluding carboxylic acids is 1. The zero-order valence-corrected chi connectivity index (χ0v) is 9.51. The van der Waals surface area contributed by atoms with E-state index in [4.69, 9.17) is 0 Å². The number of thiol groups is 1. The molecule has 0 saturated carbocycles. The van der Waals surface area contributed by atoms with Gasteiger partial charge in [-0.15, -0.1) is 11.3 Å². The number of anilines is 1. The van der Waals surface area contributed by atoms with Crippen LogP contribution in [0.1, 0.15) is 6.42 Å². The summed E-state index contributed by atoms with van der Waals surface area (Å²) >= 11 is 8.77. The molecule has 12 heavy (non-hydrogen) atoms. The number of halogens is 1. The van der Waals surface area contributed by atoms with Crippen molar-refractivity contribution >= 4 is 50.8 Å². The second-order valence-electron chi connectivity index (χ2n) is 2.15. The molecule has 5 heteroatoms. The van der Waals surface area contributed by atoms with Gasteiger partial charge in [0.2, 0.25) is 5.91 Å². The van der Waals surface area contributed by atoms with Crippen LogP contribution in [0.3, 0.4) is 0 Å². The molecule has 1 N–H and O–H groups in total. The summed E-state index contributed by atoms with van der Waals surface area (Å²) in [5.41, 5.74) is 0. The molecule has 0 spiro atoms. The first kappa shape index (κ1) is 10.1. The number of carbonyl (C=O) groups is 1. The summed E-state index contributed by atoms with van der Waals surface area (Å²) in [6, 6.07) is 1.88. The van der Waals surface area contributed by atoms with Gasteiger partial charge in [-0.2, -0.15) is 12.6 Å². The zero-order valence-electron chi connectivity index (χ0n) is 6.21. The van der Waals surface area contributed by atoms with E-state index < -0.39 is 0 Å². The summed E-state index contributed by atoms with van der Waals surface area (Å²) in [5, 5.41) is 5.56. The maximum Gasteiger partial charge on any atom is 0.225 e. The molecule has 0 fully saturated rings. The van der Waals surface area contributed by atoms with Crippen LogP contribution in [0, 0.1) is 0 Å². The Morgan fingerprint density at radius 3 is 3.00 bits per heavy atom. The molecule has 1 aromatic heterocycles. The van der Waals surface area contributed by atoms with E-state index in [1.165, 1.54) is 11.3 Å². The SMILES string of the molecule is O=C(CCS)Nc1cc(Br)cs1. The Bertz CT molecular complexity index is 274. The Morgan fingerprint density at radius 1 is 1.75 bits per heavy atom. The van der Waals surface area contributed by atoms with E-state index >= 15 is 0 Å². The van der Waals surface area contributed by atoms with Crippen LogP contribution in [0.25, 0.3) is 0 Å². The summed E-state index contributed by atoms with van der Waals surface area (Å²) < 4.78 is 0.994. The average molecular weight is 266 g/mol. The molecule has 1 aromatic rings. The fraction of sp³-hybridized carbons (Fsp3) is 0.286. The summed E-state index contributed by atoms with van der Waals surface area (Å²) in [5.74, 6) is 0.595. The topological polar surface area (TPSA) is 29.1 Å². The molecular formula is C7H8BrNOS2.